The van der Waals surface area contributed by atoms with Crippen molar-refractivity contribution in [3.63, 3.8) is 0 Å². The third kappa shape index (κ3) is 7.17. The fourth-order valence-corrected chi connectivity index (χ4v) is 1.98. The summed E-state index contributed by atoms with van der Waals surface area (Å²) in [4.78, 5) is 35.8. The fourth-order valence-electron chi connectivity index (χ4n) is 1.98. The monoisotopic (exact) mass is 326 g/mol. The molecular formula is C16H26N2O5. The van der Waals surface area contributed by atoms with Crippen molar-refractivity contribution in [2.75, 3.05) is 0 Å². The van der Waals surface area contributed by atoms with Gasteiger partial charge in [-0.25, -0.2) is 9.59 Å². The van der Waals surface area contributed by atoms with Gasteiger partial charge in [-0.05, 0) is 54.0 Å². The second kappa shape index (κ2) is 7.02. The lowest BCUT2D eigenvalue weighted by Gasteiger charge is -2.30. The summed E-state index contributed by atoms with van der Waals surface area (Å²) in [6, 6.07) is -1.47. The molecule has 130 valence electrons. The van der Waals surface area contributed by atoms with E-state index < -0.39 is 35.5 Å². The fraction of sp³-hybridized carbons (Fsp3) is 0.688. The summed E-state index contributed by atoms with van der Waals surface area (Å²) in [5, 5.41) is 5.13. The van der Waals surface area contributed by atoms with E-state index in [9.17, 15) is 14.4 Å². The van der Waals surface area contributed by atoms with Gasteiger partial charge in [0.1, 0.15) is 17.2 Å². The maximum Gasteiger partial charge on any atom is 0.408 e. The van der Waals surface area contributed by atoms with E-state index in [-0.39, 0.29) is 5.78 Å². The molecule has 2 amide bonds. The van der Waals surface area contributed by atoms with Crippen molar-refractivity contribution in [3.05, 3.63) is 12.2 Å². The zero-order valence-electron chi connectivity index (χ0n) is 14.6. The van der Waals surface area contributed by atoms with Gasteiger partial charge in [0.15, 0.2) is 5.78 Å². The average molecular weight is 326 g/mol. The largest absolute Gasteiger partial charge is 0.444 e. The average Bonchev–Trinajstić information content (AvgIpc) is 2.28. The van der Waals surface area contributed by atoms with Crippen molar-refractivity contribution in [2.45, 2.75) is 71.2 Å². The van der Waals surface area contributed by atoms with E-state index in [0.717, 1.165) is 0 Å². The highest BCUT2D eigenvalue weighted by molar-refractivity contribution is 5.98. The van der Waals surface area contributed by atoms with Crippen LogP contribution in [0.2, 0.25) is 0 Å². The van der Waals surface area contributed by atoms with Gasteiger partial charge in [-0.1, -0.05) is 6.08 Å². The molecule has 0 aromatic rings. The topological polar surface area (TPSA) is 93.7 Å². The van der Waals surface area contributed by atoms with Gasteiger partial charge in [0.2, 0.25) is 0 Å². The van der Waals surface area contributed by atoms with E-state index in [1.807, 2.05) is 0 Å². The van der Waals surface area contributed by atoms with Crippen molar-refractivity contribution in [3.8, 4) is 0 Å². The quantitative estimate of drug-likeness (QED) is 0.812. The lowest BCUT2D eigenvalue weighted by Crippen LogP contribution is -2.57. The van der Waals surface area contributed by atoms with Gasteiger partial charge in [0.25, 0.3) is 0 Å². The van der Waals surface area contributed by atoms with Crippen molar-refractivity contribution >= 4 is 18.0 Å². The molecule has 1 rings (SSSR count). The van der Waals surface area contributed by atoms with Crippen molar-refractivity contribution < 1.29 is 23.9 Å². The van der Waals surface area contributed by atoms with E-state index in [1.54, 1.807) is 47.6 Å². The number of carbonyl (C=O) groups is 3. The highest BCUT2D eigenvalue weighted by Crippen LogP contribution is 2.14. The van der Waals surface area contributed by atoms with Crippen LogP contribution in [0.15, 0.2) is 12.2 Å². The Balaban J connectivity index is 2.73. The Morgan fingerprint density at radius 2 is 1.48 bits per heavy atom. The molecule has 2 unspecified atom stereocenters. The summed E-state index contributed by atoms with van der Waals surface area (Å²) in [7, 11) is 0. The highest BCUT2D eigenvalue weighted by Gasteiger charge is 2.34. The Kier molecular flexibility index (Phi) is 5.80. The van der Waals surface area contributed by atoms with Crippen LogP contribution in [-0.2, 0) is 14.3 Å². The van der Waals surface area contributed by atoms with E-state index in [2.05, 4.69) is 10.6 Å². The Hall–Kier alpha value is -2.05. The van der Waals surface area contributed by atoms with Crippen LogP contribution in [0, 0.1) is 0 Å². The lowest BCUT2D eigenvalue weighted by molar-refractivity contribution is -0.117. The third-order valence-electron chi connectivity index (χ3n) is 2.76. The lowest BCUT2D eigenvalue weighted by atomic mass is 9.95. The molecule has 0 spiro atoms. The van der Waals surface area contributed by atoms with Gasteiger partial charge in [-0.15, -0.1) is 0 Å². The van der Waals surface area contributed by atoms with Crippen molar-refractivity contribution in [1.29, 1.82) is 0 Å². The third-order valence-corrected chi connectivity index (χ3v) is 2.76. The van der Waals surface area contributed by atoms with Crippen LogP contribution in [0.1, 0.15) is 48.0 Å². The predicted molar refractivity (Wildman–Crippen MR) is 85.1 cm³/mol. The first kappa shape index (κ1) is 19.0. The highest BCUT2D eigenvalue weighted by atomic mass is 16.6. The first-order valence-corrected chi connectivity index (χ1v) is 7.57. The van der Waals surface area contributed by atoms with Gasteiger partial charge in [-0.3, -0.25) is 4.79 Å². The Bertz CT molecular complexity index is 500. The zero-order valence-corrected chi connectivity index (χ0v) is 14.6. The molecule has 2 N–H and O–H groups in total. The second-order valence-corrected chi connectivity index (χ2v) is 7.42. The SMILES string of the molecule is CC(C)(C)OC(=O)NC1CC=CC(=O)C1NC(=O)OC(C)(C)C. The van der Waals surface area contributed by atoms with Gasteiger partial charge >= 0.3 is 12.2 Å². The minimum atomic E-state index is -0.887. The number of carbonyl (C=O) groups excluding carboxylic acids is 3. The molecule has 2 atom stereocenters. The number of alkyl carbamates (subject to hydrolysis) is 2. The first-order valence-electron chi connectivity index (χ1n) is 7.57. The Labute approximate surface area is 136 Å². The smallest absolute Gasteiger partial charge is 0.408 e. The van der Waals surface area contributed by atoms with E-state index >= 15 is 0 Å². The molecular weight excluding hydrogens is 300 g/mol. The Morgan fingerprint density at radius 3 is 1.96 bits per heavy atom. The first-order chi connectivity index (χ1) is 10.4. The normalized spacial score (nSPS) is 21.6. The zero-order chi connectivity index (χ0) is 17.8. The van der Waals surface area contributed by atoms with Crippen molar-refractivity contribution in [1.82, 2.24) is 10.6 Å². The number of hydrogen-bond donors (Lipinski definition) is 2. The number of amides is 2. The summed E-state index contributed by atoms with van der Waals surface area (Å²) in [5.74, 6) is -0.303. The standard InChI is InChI=1S/C16H26N2O5/c1-15(2,3)22-13(20)17-10-8-7-9-11(19)12(10)18-14(21)23-16(4,5)6/h7,9-10,12H,8H2,1-6H3,(H,17,20)(H,18,21). The van der Waals surface area contributed by atoms with E-state index in [0.29, 0.717) is 6.42 Å². The summed E-state index contributed by atoms with van der Waals surface area (Å²) in [6.07, 6.45) is 2.10. The minimum Gasteiger partial charge on any atom is -0.444 e. The van der Waals surface area contributed by atoms with Crippen molar-refractivity contribution in [2.24, 2.45) is 0 Å². The molecule has 0 heterocycles. The van der Waals surface area contributed by atoms with Crippen LogP contribution in [0.4, 0.5) is 9.59 Å². The molecule has 1 aliphatic carbocycles. The molecule has 0 aromatic heterocycles. The van der Waals surface area contributed by atoms with Crippen LogP contribution >= 0.6 is 0 Å². The van der Waals surface area contributed by atoms with E-state index in [1.165, 1.54) is 6.08 Å². The summed E-state index contributed by atoms with van der Waals surface area (Å²) in [6.45, 7) is 10.4. The maximum absolute atomic E-state index is 12.0. The van der Waals surface area contributed by atoms with E-state index in [4.69, 9.17) is 9.47 Å². The Morgan fingerprint density at radius 1 is 1.00 bits per heavy atom. The molecule has 0 bridgehead atoms. The molecule has 1 aliphatic rings. The molecule has 7 nitrogen and oxygen atoms in total. The number of hydrogen-bond acceptors (Lipinski definition) is 5. The number of nitrogens with one attached hydrogen (secondary N) is 2. The molecule has 0 aromatic carbocycles. The molecule has 0 aliphatic heterocycles. The van der Waals surface area contributed by atoms with Gasteiger partial charge in [0.05, 0.1) is 6.04 Å². The number of rotatable bonds is 2. The van der Waals surface area contributed by atoms with Crippen LogP contribution in [0.3, 0.4) is 0 Å². The maximum atomic E-state index is 12.0. The molecule has 23 heavy (non-hydrogen) atoms. The summed E-state index contributed by atoms with van der Waals surface area (Å²) < 4.78 is 10.3. The molecule has 0 saturated carbocycles. The molecule has 0 fully saturated rings. The van der Waals surface area contributed by atoms with Crippen LogP contribution in [-0.4, -0.2) is 41.3 Å². The number of ether oxygens (including phenoxy) is 2. The van der Waals surface area contributed by atoms with Gasteiger partial charge in [-0.2, -0.15) is 0 Å². The molecule has 7 heteroatoms. The van der Waals surface area contributed by atoms with Crippen LogP contribution in [0.25, 0.3) is 0 Å². The summed E-state index contributed by atoms with van der Waals surface area (Å²) >= 11 is 0. The number of ketones is 1. The summed E-state index contributed by atoms with van der Waals surface area (Å²) in [5.41, 5.74) is -1.32. The molecule has 0 radical (unpaired) electrons. The molecule has 0 saturated heterocycles. The van der Waals surface area contributed by atoms with Gasteiger partial charge in [0, 0.05) is 0 Å². The second-order valence-electron chi connectivity index (χ2n) is 7.42. The van der Waals surface area contributed by atoms with Crippen LogP contribution in [0.5, 0.6) is 0 Å². The predicted octanol–water partition coefficient (Wildman–Crippen LogP) is 2.30. The van der Waals surface area contributed by atoms with Gasteiger partial charge < -0.3 is 20.1 Å². The minimum absolute atomic E-state index is 0.303. The van der Waals surface area contributed by atoms with Crippen LogP contribution < -0.4 is 10.6 Å².